The second kappa shape index (κ2) is 8.24. The molecule has 0 heterocycles. The van der Waals surface area contributed by atoms with Gasteiger partial charge in [-0.15, -0.1) is 0 Å². The average Bonchev–Trinajstić information content (AvgIpc) is 2.60. The number of nitrogens with two attached hydrogens (primary N) is 1. The Kier molecular flexibility index (Phi) is 6.25. The Morgan fingerprint density at radius 1 is 1.04 bits per heavy atom. The smallest absolute Gasteiger partial charge is 0.366 e. The predicted octanol–water partition coefficient (Wildman–Crippen LogP) is 4.32. The van der Waals surface area contributed by atoms with Crippen LogP contribution in [0.1, 0.15) is 58.2 Å². The van der Waals surface area contributed by atoms with E-state index in [1.54, 1.807) is 6.07 Å². The monoisotopic (exact) mass is 378 g/mol. The van der Waals surface area contributed by atoms with Crippen molar-refractivity contribution in [3.63, 3.8) is 0 Å². The van der Waals surface area contributed by atoms with Crippen LogP contribution in [0.3, 0.4) is 0 Å². The van der Waals surface area contributed by atoms with Crippen molar-refractivity contribution in [1.29, 1.82) is 0 Å². The molecule has 2 aromatic carbocycles. The number of amides is 2. The van der Waals surface area contributed by atoms with Gasteiger partial charge in [-0.25, -0.2) is 0 Å². The minimum Gasteiger partial charge on any atom is -0.366 e. The first-order chi connectivity index (χ1) is 12.6. The fourth-order valence-electron chi connectivity index (χ4n) is 2.74. The summed E-state index contributed by atoms with van der Waals surface area (Å²) in [4.78, 5) is 23.9. The lowest BCUT2D eigenvalue weighted by atomic mass is 9.95. The molecule has 144 valence electrons. The third kappa shape index (κ3) is 5.57. The normalized spacial score (nSPS) is 12.7. The number of hydrogen-bond donors (Lipinski definition) is 2. The molecule has 0 aliphatic heterocycles. The van der Waals surface area contributed by atoms with Crippen LogP contribution >= 0.6 is 0 Å². The van der Waals surface area contributed by atoms with Crippen LogP contribution in [-0.2, 0) is 6.18 Å². The van der Waals surface area contributed by atoms with Gasteiger partial charge in [-0.2, -0.15) is 13.2 Å². The summed E-state index contributed by atoms with van der Waals surface area (Å²) in [5, 5.41) is 2.77. The van der Waals surface area contributed by atoms with Gasteiger partial charge in [0.2, 0.25) is 5.91 Å². The van der Waals surface area contributed by atoms with Crippen LogP contribution in [0.4, 0.5) is 13.2 Å². The molecule has 1 unspecified atom stereocenters. The van der Waals surface area contributed by atoms with Crippen molar-refractivity contribution in [2.45, 2.75) is 32.5 Å². The summed E-state index contributed by atoms with van der Waals surface area (Å²) in [7, 11) is 0. The molecule has 0 aliphatic rings. The van der Waals surface area contributed by atoms with Crippen LogP contribution in [0.25, 0.3) is 0 Å². The molecule has 0 spiro atoms. The van der Waals surface area contributed by atoms with Crippen molar-refractivity contribution in [1.82, 2.24) is 5.32 Å². The first-order valence-corrected chi connectivity index (χ1v) is 8.46. The number of nitrogens with one attached hydrogen (secondary N) is 1. The number of alkyl halides is 3. The summed E-state index contributed by atoms with van der Waals surface area (Å²) >= 11 is 0. The average molecular weight is 378 g/mol. The van der Waals surface area contributed by atoms with Gasteiger partial charge in [-0.3, -0.25) is 9.59 Å². The third-order valence-corrected chi connectivity index (χ3v) is 4.04. The molecule has 27 heavy (non-hydrogen) atoms. The zero-order chi connectivity index (χ0) is 20.2. The molecule has 0 radical (unpaired) electrons. The van der Waals surface area contributed by atoms with Gasteiger partial charge in [0.25, 0.3) is 5.91 Å². The number of primary amides is 1. The lowest BCUT2D eigenvalue weighted by Crippen LogP contribution is -2.30. The molecule has 3 N–H and O–H groups in total. The van der Waals surface area contributed by atoms with E-state index < -0.39 is 29.6 Å². The van der Waals surface area contributed by atoms with E-state index in [1.165, 1.54) is 30.3 Å². The van der Waals surface area contributed by atoms with Gasteiger partial charge >= 0.3 is 6.18 Å². The zero-order valence-corrected chi connectivity index (χ0v) is 15.0. The van der Waals surface area contributed by atoms with E-state index in [2.05, 4.69) is 5.32 Å². The molecule has 1 atom stereocenters. The Labute approximate surface area is 155 Å². The molecule has 4 nitrogen and oxygen atoms in total. The summed E-state index contributed by atoms with van der Waals surface area (Å²) in [6, 6.07) is 10.2. The first-order valence-electron chi connectivity index (χ1n) is 8.46. The Hall–Kier alpha value is -2.83. The van der Waals surface area contributed by atoms with E-state index in [1.807, 2.05) is 13.8 Å². The molecule has 0 fully saturated rings. The number of carbonyl (C=O) groups is 2. The van der Waals surface area contributed by atoms with E-state index in [0.717, 1.165) is 12.1 Å². The predicted molar refractivity (Wildman–Crippen MR) is 96.1 cm³/mol. The van der Waals surface area contributed by atoms with Crippen molar-refractivity contribution in [3.8, 4) is 0 Å². The Balaban J connectivity index is 2.31. The standard InChI is InChI=1S/C20H21F3N2O2/c1-12(2)9-17(13-5-4-8-16(11-13)20(21,22)23)25-19(27)15-7-3-6-14(10-15)18(24)26/h3-8,10-12,17H,9H2,1-2H3,(H2,24,26)(H,25,27). The van der Waals surface area contributed by atoms with E-state index in [0.29, 0.717) is 12.0 Å². The molecular formula is C20H21F3N2O2. The highest BCUT2D eigenvalue weighted by atomic mass is 19.4. The Bertz CT molecular complexity index is 832. The summed E-state index contributed by atoms with van der Waals surface area (Å²) in [6.45, 7) is 3.83. The lowest BCUT2D eigenvalue weighted by molar-refractivity contribution is -0.137. The van der Waals surface area contributed by atoms with E-state index >= 15 is 0 Å². The highest BCUT2D eigenvalue weighted by Gasteiger charge is 2.31. The highest BCUT2D eigenvalue weighted by Crippen LogP contribution is 2.32. The van der Waals surface area contributed by atoms with Crippen LogP contribution in [0.15, 0.2) is 48.5 Å². The molecule has 0 saturated heterocycles. The second-order valence-corrected chi connectivity index (χ2v) is 6.72. The molecule has 7 heteroatoms. The van der Waals surface area contributed by atoms with Crippen LogP contribution < -0.4 is 11.1 Å². The van der Waals surface area contributed by atoms with E-state index in [9.17, 15) is 22.8 Å². The van der Waals surface area contributed by atoms with Crippen LogP contribution in [0.2, 0.25) is 0 Å². The maximum absolute atomic E-state index is 13.0. The molecule has 0 bridgehead atoms. The van der Waals surface area contributed by atoms with Gasteiger partial charge in [0, 0.05) is 11.1 Å². The molecule has 2 amide bonds. The van der Waals surface area contributed by atoms with Gasteiger partial charge in [-0.1, -0.05) is 32.0 Å². The van der Waals surface area contributed by atoms with Crippen LogP contribution in [0.5, 0.6) is 0 Å². The molecular weight excluding hydrogens is 357 g/mol. The van der Waals surface area contributed by atoms with Crippen LogP contribution in [0, 0.1) is 5.92 Å². The van der Waals surface area contributed by atoms with Crippen molar-refractivity contribution in [2.75, 3.05) is 0 Å². The number of benzene rings is 2. The minimum atomic E-state index is -4.46. The second-order valence-electron chi connectivity index (χ2n) is 6.72. The number of hydrogen-bond acceptors (Lipinski definition) is 2. The van der Waals surface area contributed by atoms with E-state index in [-0.39, 0.29) is 17.0 Å². The third-order valence-electron chi connectivity index (χ3n) is 4.04. The zero-order valence-electron chi connectivity index (χ0n) is 15.0. The molecule has 2 rings (SSSR count). The highest BCUT2D eigenvalue weighted by molar-refractivity contribution is 5.99. The lowest BCUT2D eigenvalue weighted by Gasteiger charge is -2.22. The maximum Gasteiger partial charge on any atom is 0.416 e. The fourth-order valence-corrected chi connectivity index (χ4v) is 2.74. The van der Waals surface area contributed by atoms with Crippen molar-refractivity contribution < 1.29 is 22.8 Å². The van der Waals surface area contributed by atoms with E-state index in [4.69, 9.17) is 5.73 Å². The Morgan fingerprint density at radius 2 is 1.67 bits per heavy atom. The summed E-state index contributed by atoms with van der Waals surface area (Å²) in [5.41, 5.74) is 5.23. The van der Waals surface area contributed by atoms with Crippen molar-refractivity contribution in [2.24, 2.45) is 11.7 Å². The van der Waals surface area contributed by atoms with Gasteiger partial charge < -0.3 is 11.1 Å². The van der Waals surface area contributed by atoms with Gasteiger partial charge in [-0.05, 0) is 48.2 Å². The van der Waals surface area contributed by atoms with Crippen LogP contribution in [-0.4, -0.2) is 11.8 Å². The van der Waals surface area contributed by atoms with Crippen molar-refractivity contribution in [3.05, 3.63) is 70.8 Å². The largest absolute Gasteiger partial charge is 0.416 e. The maximum atomic E-state index is 13.0. The van der Waals surface area contributed by atoms with Crippen molar-refractivity contribution >= 4 is 11.8 Å². The van der Waals surface area contributed by atoms with Gasteiger partial charge in [0.1, 0.15) is 0 Å². The Morgan fingerprint density at radius 3 is 2.26 bits per heavy atom. The number of rotatable bonds is 6. The topological polar surface area (TPSA) is 72.2 Å². The molecule has 0 aliphatic carbocycles. The quantitative estimate of drug-likeness (QED) is 0.786. The number of halogens is 3. The SMILES string of the molecule is CC(C)CC(NC(=O)c1cccc(C(N)=O)c1)c1cccc(C(F)(F)F)c1. The minimum absolute atomic E-state index is 0.141. The fraction of sp³-hybridized carbons (Fsp3) is 0.300. The molecule has 0 aromatic heterocycles. The first kappa shape index (κ1) is 20.5. The summed E-state index contributed by atoms with van der Waals surface area (Å²) < 4.78 is 39.0. The summed E-state index contributed by atoms with van der Waals surface area (Å²) in [5.74, 6) is -1.01. The van der Waals surface area contributed by atoms with Gasteiger partial charge in [0.05, 0.1) is 11.6 Å². The summed E-state index contributed by atoms with van der Waals surface area (Å²) in [6.07, 6.45) is -4.00. The molecule has 0 saturated carbocycles. The number of carbonyl (C=O) groups excluding carboxylic acids is 2. The van der Waals surface area contributed by atoms with Gasteiger partial charge in [0.15, 0.2) is 0 Å². The molecule has 2 aromatic rings.